The summed E-state index contributed by atoms with van der Waals surface area (Å²) in [5.74, 6) is 0. The number of aryl methyl sites for hydroxylation is 2. The standard InChI is InChI=1S/C14H24N4O4S/c1-5-22-14(19)18-8-6-12(7-9-18)16-23(20,21)13-10(2)15-17(4)11(13)3/h12,16H,5-9H2,1-4H3. The van der Waals surface area contributed by atoms with Gasteiger partial charge in [0.05, 0.1) is 18.0 Å². The van der Waals surface area contributed by atoms with Gasteiger partial charge in [0.1, 0.15) is 4.90 Å². The summed E-state index contributed by atoms with van der Waals surface area (Å²) < 4.78 is 34.5. The van der Waals surface area contributed by atoms with Crippen LogP contribution >= 0.6 is 0 Å². The van der Waals surface area contributed by atoms with Crippen LogP contribution in [0.5, 0.6) is 0 Å². The van der Waals surface area contributed by atoms with Crippen molar-refractivity contribution in [1.29, 1.82) is 0 Å². The quantitative estimate of drug-likeness (QED) is 0.877. The van der Waals surface area contributed by atoms with Crippen LogP contribution in [0.3, 0.4) is 0 Å². The van der Waals surface area contributed by atoms with E-state index in [2.05, 4.69) is 9.82 Å². The second kappa shape index (κ2) is 6.88. The monoisotopic (exact) mass is 344 g/mol. The van der Waals surface area contributed by atoms with Crippen molar-refractivity contribution in [2.75, 3.05) is 19.7 Å². The van der Waals surface area contributed by atoms with Gasteiger partial charge in [-0.1, -0.05) is 0 Å². The molecule has 1 aliphatic heterocycles. The summed E-state index contributed by atoms with van der Waals surface area (Å²) in [7, 11) is -1.89. The molecule has 1 fully saturated rings. The van der Waals surface area contributed by atoms with E-state index in [1.807, 2.05) is 0 Å². The Morgan fingerprint density at radius 1 is 1.35 bits per heavy atom. The number of sulfonamides is 1. The van der Waals surface area contributed by atoms with E-state index in [1.165, 1.54) is 0 Å². The number of hydrogen-bond donors (Lipinski definition) is 1. The number of hydrogen-bond acceptors (Lipinski definition) is 5. The normalized spacial score (nSPS) is 16.6. The molecule has 130 valence electrons. The maximum Gasteiger partial charge on any atom is 0.409 e. The third kappa shape index (κ3) is 3.84. The van der Waals surface area contributed by atoms with Gasteiger partial charge in [0.2, 0.25) is 10.0 Å². The summed E-state index contributed by atoms with van der Waals surface area (Å²) >= 11 is 0. The topological polar surface area (TPSA) is 93.5 Å². The van der Waals surface area contributed by atoms with Gasteiger partial charge in [-0.05, 0) is 33.6 Å². The van der Waals surface area contributed by atoms with Gasteiger partial charge in [-0.25, -0.2) is 17.9 Å². The molecule has 2 heterocycles. The Bertz CT molecular complexity index is 675. The fraction of sp³-hybridized carbons (Fsp3) is 0.714. The number of likely N-dealkylation sites (tertiary alicyclic amines) is 1. The first kappa shape index (κ1) is 17.7. The molecule has 0 radical (unpaired) electrons. The zero-order chi connectivity index (χ0) is 17.2. The minimum Gasteiger partial charge on any atom is -0.450 e. The molecule has 0 atom stereocenters. The van der Waals surface area contributed by atoms with Crippen LogP contribution in [-0.4, -0.2) is 54.9 Å². The van der Waals surface area contributed by atoms with Crippen LogP contribution in [0, 0.1) is 13.8 Å². The largest absolute Gasteiger partial charge is 0.450 e. The number of nitrogens with one attached hydrogen (secondary N) is 1. The first-order chi connectivity index (χ1) is 10.8. The summed E-state index contributed by atoms with van der Waals surface area (Å²) in [6.45, 7) is 6.49. The van der Waals surface area contributed by atoms with Crippen LogP contribution in [0.4, 0.5) is 4.79 Å². The van der Waals surface area contributed by atoms with Crippen molar-refractivity contribution in [3.05, 3.63) is 11.4 Å². The number of carbonyl (C=O) groups is 1. The van der Waals surface area contributed by atoms with Gasteiger partial charge in [0.25, 0.3) is 0 Å². The number of amides is 1. The van der Waals surface area contributed by atoms with Gasteiger partial charge in [-0.15, -0.1) is 0 Å². The van der Waals surface area contributed by atoms with Gasteiger partial charge in [0.15, 0.2) is 0 Å². The predicted octanol–water partition coefficient (Wildman–Crippen LogP) is 0.936. The van der Waals surface area contributed by atoms with E-state index < -0.39 is 10.0 Å². The lowest BCUT2D eigenvalue weighted by molar-refractivity contribution is 0.0966. The molecule has 1 aromatic heterocycles. The van der Waals surface area contributed by atoms with Crippen molar-refractivity contribution in [3.63, 3.8) is 0 Å². The Labute approximate surface area is 136 Å². The third-order valence-electron chi connectivity index (χ3n) is 4.05. The van der Waals surface area contributed by atoms with E-state index in [9.17, 15) is 13.2 Å². The second-order valence-electron chi connectivity index (χ2n) is 5.71. The lowest BCUT2D eigenvalue weighted by atomic mass is 10.1. The zero-order valence-electron chi connectivity index (χ0n) is 14.0. The first-order valence-electron chi connectivity index (χ1n) is 7.70. The zero-order valence-corrected chi connectivity index (χ0v) is 14.8. The Morgan fingerprint density at radius 3 is 2.43 bits per heavy atom. The maximum atomic E-state index is 12.6. The molecule has 0 aromatic carbocycles. The molecular formula is C14H24N4O4S. The van der Waals surface area contributed by atoms with Gasteiger partial charge < -0.3 is 9.64 Å². The van der Waals surface area contributed by atoms with Crippen LogP contribution in [0.15, 0.2) is 4.90 Å². The number of ether oxygens (including phenoxy) is 1. The number of nitrogens with zero attached hydrogens (tertiary/aromatic N) is 3. The van der Waals surface area contributed by atoms with Crippen LogP contribution in [0.2, 0.25) is 0 Å². The molecule has 0 unspecified atom stereocenters. The molecule has 1 saturated heterocycles. The van der Waals surface area contributed by atoms with Crippen molar-refractivity contribution in [3.8, 4) is 0 Å². The molecule has 1 aliphatic rings. The Morgan fingerprint density at radius 2 is 1.96 bits per heavy atom. The molecule has 9 heteroatoms. The summed E-state index contributed by atoms with van der Waals surface area (Å²) in [6.07, 6.45) is 0.792. The summed E-state index contributed by atoms with van der Waals surface area (Å²) in [6, 6.07) is -0.190. The van der Waals surface area contributed by atoms with E-state index in [-0.39, 0.29) is 17.0 Å². The van der Waals surface area contributed by atoms with Crippen LogP contribution in [0.1, 0.15) is 31.2 Å². The Balaban J connectivity index is 2.02. The smallest absolute Gasteiger partial charge is 0.409 e. The molecule has 0 bridgehead atoms. The molecule has 0 spiro atoms. The number of carbonyl (C=O) groups excluding carboxylic acids is 1. The summed E-state index contributed by atoms with van der Waals surface area (Å²) in [4.78, 5) is 13.5. The van der Waals surface area contributed by atoms with Crippen molar-refractivity contribution < 1.29 is 17.9 Å². The van der Waals surface area contributed by atoms with Gasteiger partial charge in [-0.3, -0.25) is 4.68 Å². The van der Waals surface area contributed by atoms with E-state index in [0.29, 0.717) is 43.9 Å². The van der Waals surface area contributed by atoms with E-state index >= 15 is 0 Å². The van der Waals surface area contributed by atoms with Crippen LogP contribution in [0.25, 0.3) is 0 Å². The minimum atomic E-state index is -3.62. The fourth-order valence-electron chi connectivity index (χ4n) is 2.82. The fourth-order valence-corrected chi connectivity index (χ4v) is 4.56. The van der Waals surface area contributed by atoms with Gasteiger partial charge >= 0.3 is 6.09 Å². The SMILES string of the molecule is CCOC(=O)N1CCC(NS(=O)(=O)c2c(C)nn(C)c2C)CC1. The second-order valence-corrected chi connectivity index (χ2v) is 7.36. The predicted molar refractivity (Wildman–Crippen MR) is 84.6 cm³/mol. The van der Waals surface area contributed by atoms with E-state index in [1.54, 1.807) is 37.4 Å². The maximum absolute atomic E-state index is 12.6. The number of aromatic nitrogens is 2. The Hall–Kier alpha value is -1.61. The number of rotatable bonds is 4. The molecule has 23 heavy (non-hydrogen) atoms. The molecule has 0 aliphatic carbocycles. The molecule has 1 amide bonds. The molecule has 1 aromatic rings. The highest BCUT2D eigenvalue weighted by atomic mass is 32.2. The summed E-state index contributed by atoms with van der Waals surface area (Å²) in [5, 5.41) is 4.15. The van der Waals surface area contributed by atoms with E-state index in [0.717, 1.165) is 0 Å². The van der Waals surface area contributed by atoms with Crippen LogP contribution in [-0.2, 0) is 21.8 Å². The van der Waals surface area contributed by atoms with Gasteiger partial charge in [-0.2, -0.15) is 5.10 Å². The third-order valence-corrected chi connectivity index (χ3v) is 5.83. The van der Waals surface area contributed by atoms with Crippen molar-refractivity contribution >= 4 is 16.1 Å². The highest BCUT2D eigenvalue weighted by molar-refractivity contribution is 7.89. The highest BCUT2D eigenvalue weighted by Crippen LogP contribution is 2.20. The first-order valence-corrected chi connectivity index (χ1v) is 9.18. The van der Waals surface area contributed by atoms with Crippen LogP contribution < -0.4 is 4.72 Å². The van der Waals surface area contributed by atoms with Crippen molar-refractivity contribution in [2.24, 2.45) is 7.05 Å². The average molecular weight is 344 g/mol. The molecular weight excluding hydrogens is 320 g/mol. The summed E-state index contributed by atoms with van der Waals surface area (Å²) in [5.41, 5.74) is 1.10. The molecule has 8 nitrogen and oxygen atoms in total. The molecule has 0 saturated carbocycles. The van der Waals surface area contributed by atoms with Gasteiger partial charge in [0, 0.05) is 26.2 Å². The van der Waals surface area contributed by atoms with Crippen molar-refractivity contribution in [1.82, 2.24) is 19.4 Å². The minimum absolute atomic E-state index is 0.190. The average Bonchev–Trinajstić information content (AvgIpc) is 2.73. The van der Waals surface area contributed by atoms with E-state index in [4.69, 9.17) is 4.74 Å². The lowest BCUT2D eigenvalue weighted by Crippen LogP contribution is -2.46. The van der Waals surface area contributed by atoms with Crippen molar-refractivity contribution in [2.45, 2.75) is 44.6 Å². The Kier molecular flexibility index (Phi) is 5.30. The lowest BCUT2D eigenvalue weighted by Gasteiger charge is -2.31. The molecule has 2 rings (SSSR count). The molecule has 1 N–H and O–H groups in total. The highest BCUT2D eigenvalue weighted by Gasteiger charge is 2.30. The number of piperidine rings is 1.